The van der Waals surface area contributed by atoms with Crippen LogP contribution >= 0.6 is 0 Å². The van der Waals surface area contributed by atoms with Gasteiger partial charge >= 0.3 is 12.1 Å². The number of carbonyl (C=O) groups is 4. The molecule has 10 nitrogen and oxygen atoms in total. The largest absolute Gasteiger partial charge is 0.463 e. The van der Waals surface area contributed by atoms with Gasteiger partial charge in [-0.2, -0.15) is 0 Å². The highest BCUT2D eigenvalue weighted by molar-refractivity contribution is 5.94. The Hall–Kier alpha value is -3.82. The summed E-state index contributed by atoms with van der Waals surface area (Å²) in [4.78, 5) is 55.8. The molecule has 2 rings (SSSR count). The number of hydrogen-bond acceptors (Lipinski definition) is 6. The fourth-order valence-electron chi connectivity index (χ4n) is 5.56. The van der Waals surface area contributed by atoms with Crippen LogP contribution in [0.3, 0.4) is 0 Å². The zero-order valence-electron chi connectivity index (χ0n) is 30.3. The van der Waals surface area contributed by atoms with Crippen molar-refractivity contribution in [3.8, 4) is 0 Å². The van der Waals surface area contributed by atoms with E-state index in [1.165, 1.54) is 0 Å². The van der Waals surface area contributed by atoms with E-state index in [1.54, 1.807) is 52.6 Å². The average Bonchev–Trinajstić information content (AvgIpc) is 3.27. The van der Waals surface area contributed by atoms with Crippen LogP contribution in [-0.2, 0) is 36.3 Å². The van der Waals surface area contributed by atoms with Crippen LogP contribution < -0.4 is 10.6 Å². The van der Waals surface area contributed by atoms with Gasteiger partial charge in [-0.05, 0) is 57.6 Å². The van der Waals surface area contributed by atoms with Gasteiger partial charge in [0.15, 0.2) is 0 Å². The van der Waals surface area contributed by atoms with E-state index in [-0.39, 0.29) is 18.4 Å². The predicted octanol–water partition coefficient (Wildman–Crippen LogP) is 5.87. The summed E-state index contributed by atoms with van der Waals surface area (Å²) in [6.07, 6.45) is 2.96. The van der Waals surface area contributed by atoms with Crippen molar-refractivity contribution in [1.29, 1.82) is 0 Å². The van der Waals surface area contributed by atoms with Crippen molar-refractivity contribution < 1.29 is 28.7 Å². The number of aromatic nitrogens is 1. The van der Waals surface area contributed by atoms with Crippen LogP contribution in [0.5, 0.6) is 0 Å². The molecule has 0 radical (unpaired) electrons. The molecule has 46 heavy (non-hydrogen) atoms. The second-order valence-corrected chi connectivity index (χ2v) is 15.0. The van der Waals surface area contributed by atoms with Crippen molar-refractivity contribution in [3.05, 3.63) is 47.7 Å². The number of carbonyl (C=O) groups excluding carboxylic acids is 4. The Morgan fingerprint density at radius 2 is 1.54 bits per heavy atom. The van der Waals surface area contributed by atoms with Gasteiger partial charge in [0.05, 0.1) is 12.6 Å². The highest BCUT2D eigenvalue weighted by atomic mass is 16.6. The Labute approximate surface area is 275 Å². The number of likely N-dealkylation sites (N-methyl/N-ethyl adjacent to an activating group) is 1. The van der Waals surface area contributed by atoms with Gasteiger partial charge in [0.1, 0.15) is 17.7 Å². The Kier molecular flexibility index (Phi) is 12.3. The van der Waals surface area contributed by atoms with Crippen molar-refractivity contribution in [2.75, 3.05) is 13.7 Å². The first-order valence-corrected chi connectivity index (χ1v) is 16.0. The molecule has 0 unspecified atom stereocenters. The van der Waals surface area contributed by atoms with Gasteiger partial charge in [0.2, 0.25) is 11.8 Å². The second kappa shape index (κ2) is 14.7. The standard InChI is InChI=1S/C36H56N4O6/c1-15-45-32(43)23(4)20-27(22(2)3)40(14)31(42)29(34(5,6)7)37-30(41)28(38-33(44)46-35(8,9)10)36(11,12)25-21-39(13)26-19-17-16-18-24(25)26/h16-22,27-29H,15H2,1-14H3,(H,37,41)(H,38,44)/b23-20+/t27-,28-,29-/m1/s1. The Bertz CT molecular complexity index is 1440. The highest BCUT2D eigenvalue weighted by Crippen LogP contribution is 2.35. The van der Waals surface area contributed by atoms with E-state index in [2.05, 4.69) is 10.6 Å². The maximum atomic E-state index is 14.4. The summed E-state index contributed by atoms with van der Waals surface area (Å²) in [5.41, 5.74) is -0.186. The molecular weight excluding hydrogens is 584 g/mol. The minimum atomic E-state index is -1.11. The Morgan fingerprint density at radius 1 is 0.957 bits per heavy atom. The van der Waals surface area contributed by atoms with Crippen LogP contribution in [0.2, 0.25) is 0 Å². The van der Waals surface area contributed by atoms with E-state index in [4.69, 9.17) is 9.47 Å². The maximum Gasteiger partial charge on any atom is 0.408 e. The van der Waals surface area contributed by atoms with Crippen molar-refractivity contribution in [3.63, 3.8) is 0 Å². The van der Waals surface area contributed by atoms with E-state index < -0.39 is 52.5 Å². The van der Waals surface area contributed by atoms with Gasteiger partial charge < -0.3 is 29.6 Å². The SMILES string of the molecule is CCOC(=O)/C(C)=C/[C@H](C(C)C)N(C)C(=O)[C@@H](NC(=O)[C@@H](NC(=O)OC(C)(C)C)C(C)(C)c1cn(C)c2ccccc12)C(C)(C)C. The lowest BCUT2D eigenvalue weighted by atomic mass is 9.76. The van der Waals surface area contributed by atoms with Crippen LogP contribution in [0.4, 0.5) is 4.79 Å². The quantitative estimate of drug-likeness (QED) is 0.234. The molecule has 2 aromatic rings. The molecule has 0 saturated heterocycles. The molecule has 0 saturated carbocycles. The normalized spacial score (nSPS) is 14.8. The fourth-order valence-corrected chi connectivity index (χ4v) is 5.56. The molecule has 10 heteroatoms. The zero-order chi connectivity index (χ0) is 35.4. The number of para-hydroxylation sites is 1. The number of benzene rings is 1. The van der Waals surface area contributed by atoms with Crippen molar-refractivity contribution in [2.45, 2.75) is 112 Å². The van der Waals surface area contributed by atoms with E-state index >= 15 is 0 Å². The summed E-state index contributed by atoms with van der Waals surface area (Å²) in [5.74, 6) is -1.33. The minimum Gasteiger partial charge on any atom is -0.463 e. The number of amides is 3. The van der Waals surface area contributed by atoms with E-state index in [0.29, 0.717) is 5.57 Å². The molecule has 3 amide bonds. The summed E-state index contributed by atoms with van der Waals surface area (Å²) in [6, 6.07) is 5.36. The number of nitrogens with one attached hydrogen (secondary N) is 2. The molecule has 256 valence electrons. The Morgan fingerprint density at radius 3 is 2.07 bits per heavy atom. The molecule has 0 aliphatic carbocycles. The van der Waals surface area contributed by atoms with Gasteiger partial charge in [-0.25, -0.2) is 9.59 Å². The molecule has 1 aromatic carbocycles. The predicted molar refractivity (Wildman–Crippen MR) is 182 cm³/mol. The summed E-state index contributed by atoms with van der Waals surface area (Å²) < 4.78 is 12.7. The summed E-state index contributed by atoms with van der Waals surface area (Å²) >= 11 is 0. The van der Waals surface area contributed by atoms with E-state index in [0.717, 1.165) is 16.5 Å². The topological polar surface area (TPSA) is 119 Å². The molecule has 0 aliphatic heterocycles. The van der Waals surface area contributed by atoms with Crippen molar-refractivity contribution >= 4 is 34.8 Å². The zero-order valence-corrected chi connectivity index (χ0v) is 30.3. The van der Waals surface area contributed by atoms with Crippen LogP contribution in [0.25, 0.3) is 10.9 Å². The Balaban J connectivity index is 2.58. The molecule has 2 N–H and O–H groups in total. The first-order valence-electron chi connectivity index (χ1n) is 16.0. The second-order valence-electron chi connectivity index (χ2n) is 15.0. The molecule has 0 bridgehead atoms. The van der Waals surface area contributed by atoms with Crippen LogP contribution in [0, 0.1) is 11.3 Å². The molecule has 1 aromatic heterocycles. The first kappa shape index (κ1) is 38.4. The van der Waals surface area contributed by atoms with Gasteiger partial charge in [-0.15, -0.1) is 0 Å². The van der Waals surface area contributed by atoms with Crippen LogP contribution in [0.15, 0.2) is 42.1 Å². The van der Waals surface area contributed by atoms with Gasteiger partial charge in [0.25, 0.3) is 0 Å². The average molecular weight is 641 g/mol. The number of nitrogens with zero attached hydrogens (tertiary/aromatic N) is 2. The van der Waals surface area contributed by atoms with E-state index in [1.807, 2.05) is 90.5 Å². The lowest BCUT2D eigenvalue weighted by molar-refractivity contribution is -0.141. The number of esters is 1. The third-order valence-corrected chi connectivity index (χ3v) is 8.13. The number of alkyl carbamates (subject to hydrolysis) is 1. The smallest absolute Gasteiger partial charge is 0.408 e. The molecule has 1 heterocycles. The maximum absolute atomic E-state index is 14.4. The molecule has 0 spiro atoms. The lowest BCUT2D eigenvalue weighted by Gasteiger charge is -2.40. The molecule has 0 fully saturated rings. The molecular formula is C36H56N4O6. The van der Waals surface area contributed by atoms with Crippen molar-refractivity contribution in [2.24, 2.45) is 18.4 Å². The fraction of sp³-hybridized carbons (Fsp3) is 0.611. The number of fused-ring (bicyclic) bond motifs is 1. The monoisotopic (exact) mass is 640 g/mol. The number of ether oxygens (including phenoxy) is 2. The highest BCUT2D eigenvalue weighted by Gasteiger charge is 2.44. The number of hydrogen-bond donors (Lipinski definition) is 2. The van der Waals surface area contributed by atoms with Crippen LogP contribution in [-0.4, -0.2) is 70.7 Å². The van der Waals surface area contributed by atoms with Crippen LogP contribution in [0.1, 0.15) is 88.6 Å². The lowest BCUT2D eigenvalue weighted by Crippen LogP contribution is -2.63. The minimum absolute atomic E-state index is 0.0403. The van der Waals surface area contributed by atoms with E-state index in [9.17, 15) is 19.2 Å². The third-order valence-electron chi connectivity index (χ3n) is 8.13. The third kappa shape index (κ3) is 9.36. The van der Waals surface area contributed by atoms with Crippen molar-refractivity contribution in [1.82, 2.24) is 20.1 Å². The molecule has 0 aliphatic rings. The van der Waals surface area contributed by atoms with Gasteiger partial charge in [0, 0.05) is 42.2 Å². The number of aryl methyl sites for hydroxylation is 1. The van der Waals surface area contributed by atoms with Gasteiger partial charge in [-0.1, -0.05) is 72.7 Å². The molecule has 3 atom stereocenters. The summed E-state index contributed by atoms with van der Waals surface area (Å²) in [5, 5.41) is 6.79. The summed E-state index contributed by atoms with van der Waals surface area (Å²) in [7, 11) is 3.61. The first-order chi connectivity index (χ1) is 21.0. The summed E-state index contributed by atoms with van der Waals surface area (Å²) in [6.45, 7) is 22.3. The van der Waals surface area contributed by atoms with Gasteiger partial charge in [-0.3, -0.25) is 9.59 Å². The number of rotatable bonds is 11.